The van der Waals surface area contributed by atoms with Crippen LogP contribution < -0.4 is 10.2 Å². The standard InChI is InChI=1S/C26H27BrN2O2/c1-18(19-10-12-21(13-11-19)20-8-6-5-7-9-20)28-29-25(30)17-31-24-15-14-22(16-23(24)27)26(2,3)4/h5-16H,17H2,1-4H3,(H,29,30). The molecule has 0 saturated carbocycles. The molecule has 4 nitrogen and oxygen atoms in total. The van der Waals surface area contributed by atoms with Crippen molar-refractivity contribution >= 4 is 27.5 Å². The van der Waals surface area contributed by atoms with Gasteiger partial charge >= 0.3 is 0 Å². The van der Waals surface area contributed by atoms with Gasteiger partial charge in [-0.3, -0.25) is 4.79 Å². The van der Waals surface area contributed by atoms with Crippen molar-refractivity contribution in [2.45, 2.75) is 33.1 Å². The molecule has 1 N–H and O–H groups in total. The normalized spacial score (nSPS) is 11.8. The number of amides is 1. The predicted octanol–water partition coefficient (Wildman–Crippen LogP) is 6.33. The lowest BCUT2D eigenvalue weighted by Crippen LogP contribution is -2.25. The van der Waals surface area contributed by atoms with E-state index in [-0.39, 0.29) is 17.9 Å². The van der Waals surface area contributed by atoms with Crippen LogP contribution in [-0.4, -0.2) is 18.2 Å². The van der Waals surface area contributed by atoms with E-state index in [1.807, 2.05) is 67.6 Å². The molecule has 3 aromatic rings. The van der Waals surface area contributed by atoms with Gasteiger partial charge in [0, 0.05) is 0 Å². The molecule has 0 unspecified atom stereocenters. The minimum Gasteiger partial charge on any atom is -0.483 e. The fraction of sp³-hybridized carbons (Fsp3) is 0.231. The van der Waals surface area contributed by atoms with Gasteiger partial charge in [0.1, 0.15) is 5.75 Å². The molecule has 0 saturated heterocycles. The number of nitrogens with one attached hydrogen (secondary N) is 1. The molecule has 0 aliphatic rings. The molecule has 0 radical (unpaired) electrons. The third kappa shape index (κ3) is 6.28. The molecule has 0 atom stereocenters. The van der Waals surface area contributed by atoms with E-state index in [9.17, 15) is 4.79 Å². The van der Waals surface area contributed by atoms with Crippen LogP contribution in [0.3, 0.4) is 0 Å². The fourth-order valence-electron chi connectivity index (χ4n) is 3.01. The number of hydrazone groups is 1. The average molecular weight is 479 g/mol. The van der Waals surface area contributed by atoms with Crippen LogP contribution in [0.15, 0.2) is 82.4 Å². The second kappa shape index (κ2) is 9.92. The van der Waals surface area contributed by atoms with E-state index in [0.717, 1.165) is 26.9 Å². The molecule has 0 heterocycles. The van der Waals surface area contributed by atoms with Gasteiger partial charge in [0.15, 0.2) is 6.61 Å². The second-order valence-corrected chi connectivity index (χ2v) is 9.21. The first-order valence-corrected chi connectivity index (χ1v) is 10.9. The molecule has 0 aliphatic carbocycles. The Hall–Kier alpha value is -2.92. The SMILES string of the molecule is CC(=NNC(=O)COc1ccc(C(C)(C)C)cc1Br)c1ccc(-c2ccccc2)cc1. The van der Waals surface area contributed by atoms with Crippen molar-refractivity contribution in [2.75, 3.05) is 6.61 Å². The van der Waals surface area contributed by atoms with Crippen LogP contribution in [0.4, 0.5) is 0 Å². The molecule has 160 valence electrons. The van der Waals surface area contributed by atoms with E-state index in [1.165, 1.54) is 5.56 Å². The van der Waals surface area contributed by atoms with Gasteiger partial charge in [0.05, 0.1) is 10.2 Å². The zero-order valence-electron chi connectivity index (χ0n) is 18.3. The van der Waals surface area contributed by atoms with Crippen molar-refractivity contribution in [2.24, 2.45) is 5.10 Å². The van der Waals surface area contributed by atoms with Crippen molar-refractivity contribution in [3.05, 3.63) is 88.4 Å². The van der Waals surface area contributed by atoms with Gasteiger partial charge in [-0.15, -0.1) is 0 Å². The molecular weight excluding hydrogens is 452 g/mol. The number of ether oxygens (including phenoxy) is 1. The molecule has 3 rings (SSSR count). The minimum atomic E-state index is -0.313. The van der Waals surface area contributed by atoms with E-state index in [0.29, 0.717) is 5.75 Å². The lowest BCUT2D eigenvalue weighted by molar-refractivity contribution is -0.123. The smallest absolute Gasteiger partial charge is 0.277 e. The molecule has 0 spiro atoms. The van der Waals surface area contributed by atoms with Gasteiger partial charge in [-0.1, -0.05) is 81.4 Å². The molecule has 0 bridgehead atoms. The van der Waals surface area contributed by atoms with E-state index in [2.05, 4.69) is 59.4 Å². The number of halogens is 1. The summed E-state index contributed by atoms with van der Waals surface area (Å²) in [6.07, 6.45) is 0. The van der Waals surface area contributed by atoms with E-state index >= 15 is 0 Å². The van der Waals surface area contributed by atoms with E-state index < -0.39 is 0 Å². The number of hydrogen-bond acceptors (Lipinski definition) is 3. The highest BCUT2D eigenvalue weighted by Gasteiger charge is 2.15. The largest absolute Gasteiger partial charge is 0.483 e. The fourth-order valence-corrected chi connectivity index (χ4v) is 3.50. The zero-order valence-corrected chi connectivity index (χ0v) is 19.9. The van der Waals surface area contributed by atoms with E-state index in [4.69, 9.17) is 4.74 Å². The molecule has 0 aromatic heterocycles. The summed E-state index contributed by atoms with van der Waals surface area (Å²) >= 11 is 3.52. The summed E-state index contributed by atoms with van der Waals surface area (Å²) in [7, 11) is 0. The Balaban J connectivity index is 1.56. The van der Waals surface area contributed by atoms with Gasteiger partial charge < -0.3 is 4.74 Å². The maximum Gasteiger partial charge on any atom is 0.277 e. The molecule has 0 aliphatic heterocycles. The number of nitrogens with zero attached hydrogens (tertiary/aromatic N) is 1. The third-order valence-corrected chi connectivity index (χ3v) is 5.53. The summed E-state index contributed by atoms with van der Waals surface area (Å²) in [6.45, 7) is 8.20. The van der Waals surface area contributed by atoms with Crippen LogP contribution in [0.1, 0.15) is 38.8 Å². The quantitative estimate of drug-likeness (QED) is 0.332. The van der Waals surface area contributed by atoms with Crippen molar-refractivity contribution in [3.8, 4) is 16.9 Å². The van der Waals surface area contributed by atoms with Crippen LogP contribution in [0.5, 0.6) is 5.75 Å². The first-order valence-electron chi connectivity index (χ1n) is 10.2. The van der Waals surface area contributed by atoms with Crippen LogP contribution in [0, 0.1) is 0 Å². The van der Waals surface area contributed by atoms with Crippen LogP contribution in [0.25, 0.3) is 11.1 Å². The summed E-state index contributed by atoms with van der Waals surface area (Å²) < 4.78 is 6.47. The maximum atomic E-state index is 12.2. The minimum absolute atomic E-state index is 0.0456. The Morgan fingerprint density at radius 2 is 1.61 bits per heavy atom. The number of rotatable bonds is 6. The van der Waals surface area contributed by atoms with Crippen molar-refractivity contribution < 1.29 is 9.53 Å². The molecular formula is C26H27BrN2O2. The third-order valence-electron chi connectivity index (χ3n) is 4.91. The van der Waals surface area contributed by atoms with Crippen molar-refractivity contribution in [3.63, 3.8) is 0 Å². The highest BCUT2D eigenvalue weighted by molar-refractivity contribution is 9.10. The van der Waals surface area contributed by atoms with Gasteiger partial charge in [-0.25, -0.2) is 5.43 Å². The lowest BCUT2D eigenvalue weighted by atomic mass is 9.87. The van der Waals surface area contributed by atoms with Gasteiger partial charge in [0.2, 0.25) is 0 Å². The average Bonchev–Trinajstić information content (AvgIpc) is 2.76. The maximum absolute atomic E-state index is 12.2. The Morgan fingerprint density at radius 3 is 2.23 bits per heavy atom. The molecule has 1 amide bonds. The van der Waals surface area contributed by atoms with Crippen LogP contribution in [0.2, 0.25) is 0 Å². The lowest BCUT2D eigenvalue weighted by Gasteiger charge is -2.20. The summed E-state index contributed by atoms with van der Waals surface area (Å²) in [5.41, 5.74) is 7.77. The van der Waals surface area contributed by atoms with E-state index in [1.54, 1.807) is 0 Å². The Bertz CT molecular complexity index is 1070. The highest BCUT2D eigenvalue weighted by atomic mass is 79.9. The number of hydrogen-bond donors (Lipinski definition) is 1. The predicted molar refractivity (Wildman–Crippen MR) is 131 cm³/mol. The van der Waals surface area contributed by atoms with Crippen LogP contribution >= 0.6 is 15.9 Å². The summed E-state index contributed by atoms with van der Waals surface area (Å²) in [5, 5.41) is 4.20. The molecule has 5 heteroatoms. The summed E-state index contributed by atoms with van der Waals surface area (Å²) in [5.74, 6) is 0.312. The molecule has 3 aromatic carbocycles. The summed E-state index contributed by atoms with van der Waals surface area (Å²) in [4.78, 5) is 12.2. The number of carbonyl (C=O) groups is 1. The topological polar surface area (TPSA) is 50.7 Å². The Kier molecular flexibility index (Phi) is 7.29. The van der Waals surface area contributed by atoms with Crippen LogP contribution in [-0.2, 0) is 10.2 Å². The Labute approximate surface area is 192 Å². The zero-order chi connectivity index (χ0) is 22.4. The Morgan fingerprint density at radius 1 is 0.968 bits per heavy atom. The molecule has 31 heavy (non-hydrogen) atoms. The first kappa shape index (κ1) is 22.8. The highest BCUT2D eigenvalue weighted by Crippen LogP contribution is 2.31. The van der Waals surface area contributed by atoms with Gasteiger partial charge in [-0.2, -0.15) is 5.10 Å². The first-order chi connectivity index (χ1) is 14.7. The van der Waals surface area contributed by atoms with Gasteiger partial charge in [-0.05, 0) is 62.7 Å². The monoisotopic (exact) mass is 478 g/mol. The number of benzene rings is 3. The van der Waals surface area contributed by atoms with Gasteiger partial charge in [0.25, 0.3) is 5.91 Å². The molecule has 0 fully saturated rings. The second-order valence-electron chi connectivity index (χ2n) is 8.36. The number of carbonyl (C=O) groups excluding carboxylic acids is 1. The van der Waals surface area contributed by atoms with Crippen molar-refractivity contribution in [1.82, 2.24) is 5.43 Å². The van der Waals surface area contributed by atoms with Crippen molar-refractivity contribution in [1.29, 1.82) is 0 Å². The summed E-state index contributed by atoms with van der Waals surface area (Å²) in [6, 6.07) is 24.2.